The third kappa shape index (κ3) is 3.16. The van der Waals surface area contributed by atoms with Gasteiger partial charge in [-0.3, -0.25) is 0 Å². The molecule has 0 aliphatic carbocycles. The average molecular weight is 316 g/mol. The molecule has 0 radical (unpaired) electrons. The molecule has 0 bridgehead atoms. The highest BCUT2D eigenvalue weighted by Crippen LogP contribution is 2.27. The molecule has 0 aliphatic heterocycles. The first-order valence-electron chi connectivity index (χ1n) is 6.64. The van der Waals surface area contributed by atoms with Gasteiger partial charge in [-0.05, 0) is 19.9 Å². The minimum absolute atomic E-state index is 0.814. The van der Waals surface area contributed by atoms with Crippen LogP contribution in [-0.2, 0) is 12.8 Å². The zero-order chi connectivity index (χ0) is 14.8. The van der Waals surface area contributed by atoms with E-state index in [1.54, 1.807) is 23.1 Å². The predicted octanol–water partition coefficient (Wildman–Crippen LogP) is 3.85. The summed E-state index contributed by atoms with van der Waals surface area (Å²) in [4.78, 5) is 4.71. The molecule has 0 spiro atoms. The molecule has 0 N–H and O–H groups in total. The summed E-state index contributed by atoms with van der Waals surface area (Å²) in [6, 6.07) is 8.45. The van der Waals surface area contributed by atoms with E-state index in [0.29, 0.717) is 0 Å². The minimum atomic E-state index is 0.814. The number of benzene rings is 1. The summed E-state index contributed by atoms with van der Waals surface area (Å²) in [5, 5.41) is 12.3. The summed E-state index contributed by atoms with van der Waals surface area (Å²) in [6.45, 7) is 4.06. The summed E-state index contributed by atoms with van der Waals surface area (Å²) in [6.07, 6.45) is 0. The molecule has 0 saturated heterocycles. The Labute approximate surface area is 132 Å². The van der Waals surface area contributed by atoms with Crippen molar-refractivity contribution in [2.75, 3.05) is 0 Å². The Bertz CT molecular complexity index is 761. The standard InChI is InChI=1S/C15H16N4S2/c1-10-5-4-6-12(7-10)14-16-13(8-20-14)9-21-15-18-17-11(2)19(15)3/h4-8H,9H2,1-3H3. The molecule has 3 rings (SSSR count). The van der Waals surface area contributed by atoms with E-state index in [0.717, 1.165) is 27.4 Å². The number of thiazole rings is 1. The van der Waals surface area contributed by atoms with Crippen LogP contribution in [0.2, 0.25) is 0 Å². The number of aryl methyl sites for hydroxylation is 2. The lowest BCUT2D eigenvalue weighted by Gasteiger charge is -1.99. The van der Waals surface area contributed by atoms with Gasteiger partial charge in [-0.25, -0.2) is 4.98 Å². The second-order valence-corrected chi connectivity index (χ2v) is 6.69. The first-order valence-corrected chi connectivity index (χ1v) is 8.50. The summed E-state index contributed by atoms with van der Waals surface area (Å²) in [5.74, 6) is 1.74. The van der Waals surface area contributed by atoms with E-state index >= 15 is 0 Å². The van der Waals surface area contributed by atoms with Crippen molar-refractivity contribution in [3.8, 4) is 10.6 Å². The van der Waals surface area contributed by atoms with Crippen LogP contribution in [0.1, 0.15) is 17.1 Å². The van der Waals surface area contributed by atoms with Gasteiger partial charge in [-0.15, -0.1) is 21.5 Å². The van der Waals surface area contributed by atoms with E-state index < -0.39 is 0 Å². The van der Waals surface area contributed by atoms with Crippen LogP contribution < -0.4 is 0 Å². The van der Waals surface area contributed by atoms with E-state index in [1.165, 1.54) is 11.1 Å². The SMILES string of the molecule is Cc1cccc(-c2nc(CSc3nnc(C)n3C)cs2)c1. The van der Waals surface area contributed by atoms with Crippen molar-refractivity contribution in [1.29, 1.82) is 0 Å². The second-order valence-electron chi connectivity index (χ2n) is 4.89. The molecule has 0 unspecified atom stereocenters. The summed E-state index contributed by atoms with van der Waals surface area (Å²) < 4.78 is 2.00. The van der Waals surface area contributed by atoms with Crippen molar-refractivity contribution in [1.82, 2.24) is 19.7 Å². The maximum absolute atomic E-state index is 4.71. The zero-order valence-electron chi connectivity index (χ0n) is 12.2. The molecule has 6 heteroatoms. The predicted molar refractivity (Wildman–Crippen MR) is 87.6 cm³/mol. The summed E-state index contributed by atoms with van der Waals surface area (Å²) in [7, 11) is 1.98. The molecule has 21 heavy (non-hydrogen) atoms. The number of rotatable bonds is 4. The quantitative estimate of drug-likeness (QED) is 0.686. The molecule has 0 aliphatic rings. The van der Waals surface area contributed by atoms with Crippen molar-refractivity contribution in [2.24, 2.45) is 7.05 Å². The van der Waals surface area contributed by atoms with Gasteiger partial charge in [0.1, 0.15) is 10.8 Å². The first-order chi connectivity index (χ1) is 10.1. The largest absolute Gasteiger partial charge is 0.309 e. The minimum Gasteiger partial charge on any atom is -0.309 e. The van der Waals surface area contributed by atoms with Gasteiger partial charge >= 0.3 is 0 Å². The Morgan fingerprint density at radius 3 is 2.81 bits per heavy atom. The molecule has 0 atom stereocenters. The molecular weight excluding hydrogens is 300 g/mol. The zero-order valence-corrected chi connectivity index (χ0v) is 13.8. The number of aromatic nitrogens is 4. The third-order valence-corrected chi connectivity index (χ3v) is 5.21. The van der Waals surface area contributed by atoms with Crippen LogP contribution >= 0.6 is 23.1 Å². The van der Waals surface area contributed by atoms with Gasteiger partial charge in [0.15, 0.2) is 5.16 Å². The van der Waals surface area contributed by atoms with Crippen LogP contribution in [0.5, 0.6) is 0 Å². The maximum atomic E-state index is 4.71. The van der Waals surface area contributed by atoms with Crippen LogP contribution in [0.4, 0.5) is 0 Å². The fraction of sp³-hybridized carbons (Fsp3) is 0.267. The highest BCUT2D eigenvalue weighted by molar-refractivity contribution is 7.98. The van der Waals surface area contributed by atoms with Crippen molar-refractivity contribution >= 4 is 23.1 Å². The van der Waals surface area contributed by atoms with Crippen molar-refractivity contribution in [3.63, 3.8) is 0 Å². The molecule has 0 saturated carbocycles. The second kappa shape index (κ2) is 5.99. The lowest BCUT2D eigenvalue weighted by molar-refractivity contribution is 0.765. The Morgan fingerprint density at radius 2 is 2.10 bits per heavy atom. The topological polar surface area (TPSA) is 43.6 Å². The van der Waals surface area contributed by atoms with Crippen LogP contribution in [0.25, 0.3) is 10.6 Å². The third-order valence-electron chi connectivity index (χ3n) is 3.22. The molecule has 0 amide bonds. The van der Waals surface area contributed by atoms with E-state index in [1.807, 2.05) is 18.5 Å². The molecule has 108 valence electrons. The Morgan fingerprint density at radius 1 is 1.24 bits per heavy atom. The lowest BCUT2D eigenvalue weighted by atomic mass is 10.1. The van der Waals surface area contributed by atoms with E-state index in [2.05, 4.69) is 46.8 Å². The first kappa shape index (κ1) is 14.3. The van der Waals surface area contributed by atoms with E-state index in [9.17, 15) is 0 Å². The van der Waals surface area contributed by atoms with Crippen LogP contribution in [0, 0.1) is 13.8 Å². The summed E-state index contributed by atoms with van der Waals surface area (Å²) >= 11 is 3.35. The normalized spacial score (nSPS) is 11.0. The number of hydrogen-bond acceptors (Lipinski definition) is 5. The number of nitrogens with zero attached hydrogens (tertiary/aromatic N) is 4. The highest BCUT2D eigenvalue weighted by atomic mass is 32.2. The molecule has 2 aromatic heterocycles. The Balaban J connectivity index is 1.72. The monoisotopic (exact) mass is 316 g/mol. The highest BCUT2D eigenvalue weighted by Gasteiger charge is 2.09. The summed E-state index contributed by atoms with van der Waals surface area (Å²) in [5.41, 5.74) is 3.53. The maximum Gasteiger partial charge on any atom is 0.191 e. The smallest absolute Gasteiger partial charge is 0.191 e. The Kier molecular flexibility index (Phi) is 4.07. The fourth-order valence-corrected chi connectivity index (χ4v) is 3.71. The molecule has 1 aromatic carbocycles. The fourth-order valence-electron chi connectivity index (χ4n) is 1.94. The lowest BCUT2D eigenvalue weighted by Crippen LogP contribution is -1.93. The van der Waals surface area contributed by atoms with Crippen LogP contribution in [0.15, 0.2) is 34.8 Å². The van der Waals surface area contributed by atoms with Crippen molar-refractivity contribution in [3.05, 3.63) is 46.7 Å². The van der Waals surface area contributed by atoms with E-state index in [-0.39, 0.29) is 0 Å². The molecule has 3 aromatic rings. The van der Waals surface area contributed by atoms with Gasteiger partial charge in [0.25, 0.3) is 0 Å². The van der Waals surface area contributed by atoms with Gasteiger partial charge in [-0.2, -0.15) is 0 Å². The van der Waals surface area contributed by atoms with Gasteiger partial charge in [0.05, 0.1) is 5.69 Å². The van der Waals surface area contributed by atoms with Crippen LogP contribution in [-0.4, -0.2) is 19.7 Å². The number of hydrogen-bond donors (Lipinski definition) is 0. The molecule has 4 nitrogen and oxygen atoms in total. The van der Waals surface area contributed by atoms with Crippen molar-refractivity contribution in [2.45, 2.75) is 24.8 Å². The van der Waals surface area contributed by atoms with Crippen molar-refractivity contribution < 1.29 is 0 Å². The van der Waals surface area contributed by atoms with Gasteiger partial charge in [0.2, 0.25) is 0 Å². The molecule has 0 fully saturated rings. The van der Waals surface area contributed by atoms with Gasteiger partial charge in [-0.1, -0.05) is 35.5 Å². The molecular formula is C15H16N4S2. The van der Waals surface area contributed by atoms with E-state index in [4.69, 9.17) is 4.98 Å². The average Bonchev–Trinajstić information content (AvgIpc) is 3.06. The van der Waals surface area contributed by atoms with Crippen LogP contribution in [0.3, 0.4) is 0 Å². The van der Waals surface area contributed by atoms with Gasteiger partial charge < -0.3 is 4.57 Å². The Hall–Kier alpha value is -1.66. The van der Waals surface area contributed by atoms with Gasteiger partial charge in [0, 0.05) is 23.7 Å². The molecule has 2 heterocycles. The number of thioether (sulfide) groups is 1.